The van der Waals surface area contributed by atoms with Gasteiger partial charge >= 0.3 is 0 Å². The van der Waals surface area contributed by atoms with Gasteiger partial charge in [0.2, 0.25) is 0 Å². The molecule has 1 aromatic carbocycles. The second-order valence-electron chi connectivity index (χ2n) is 4.95. The average Bonchev–Trinajstić information content (AvgIpc) is 3.04. The minimum absolute atomic E-state index is 0.0383. The lowest BCUT2D eigenvalue weighted by Crippen LogP contribution is -2.32. The van der Waals surface area contributed by atoms with Gasteiger partial charge in [0.05, 0.1) is 6.61 Å². The molecule has 2 unspecified atom stereocenters. The monoisotopic (exact) mass is 257 g/mol. The van der Waals surface area contributed by atoms with E-state index in [0.29, 0.717) is 6.61 Å². The number of hydrogen-bond acceptors (Lipinski definition) is 3. The van der Waals surface area contributed by atoms with Crippen LogP contribution in [0.5, 0.6) is 5.75 Å². The Labute approximate surface area is 113 Å². The molecular formula is C15H19N3O. The maximum absolute atomic E-state index is 6.38. The SMILES string of the molecule is CCn1ccnc1CC(N)C1COc2ccccc21. The molecule has 2 atom stereocenters. The van der Waals surface area contributed by atoms with Crippen molar-refractivity contribution in [2.24, 2.45) is 5.73 Å². The van der Waals surface area contributed by atoms with Gasteiger partial charge in [0, 0.05) is 42.9 Å². The van der Waals surface area contributed by atoms with E-state index in [-0.39, 0.29) is 12.0 Å². The molecule has 0 saturated carbocycles. The molecule has 0 aliphatic carbocycles. The number of rotatable bonds is 4. The summed E-state index contributed by atoms with van der Waals surface area (Å²) in [5.41, 5.74) is 7.60. The summed E-state index contributed by atoms with van der Waals surface area (Å²) in [5, 5.41) is 0. The Hall–Kier alpha value is -1.81. The highest BCUT2D eigenvalue weighted by Crippen LogP contribution is 2.35. The summed E-state index contributed by atoms with van der Waals surface area (Å²) in [6, 6.07) is 8.20. The smallest absolute Gasteiger partial charge is 0.122 e. The van der Waals surface area contributed by atoms with Crippen molar-refractivity contribution in [2.45, 2.75) is 31.8 Å². The number of imidazole rings is 1. The second kappa shape index (κ2) is 5.05. The number of nitrogens with two attached hydrogens (primary N) is 1. The fraction of sp³-hybridized carbons (Fsp3) is 0.400. The zero-order valence-electron chi connectivity index (χ0n) is 11.1. The quantitative estimate of drug-likeness (QED) is 0.910. The third kappa shape index (κ3) is 2.24. The van der Waals surface area contributed by atoms with Crippen molar-refractivity contribution >= 4 is 0 Å². The number of ether oxygens (including phenoxy) is 1. The number of fused-ring (bicyclic) bond motifs is 1. The molecular weight excluding hydrogens is 238 g/mol. The molecule has 0 fully saturated rings. The van der Waals surface area contributed by atoms with Crippen LogP contribution in [0.3, 0.4) is 0 Å². The topological polar surface area (TPSA) is 53.1 Å². The van der Waals surface area contributed by atoms with E-state index in [9.17, 15) is 0 Å². The first-order valence-corrected chi connectivity index (χ1v) is 6.77. The molecule has 2 aromatic rings. The highest BCUT2D eigenvalue weighted by molar-refractivity contribution is 5.40. The van der Waals surface area contributed by atoms with Crippen molar-refractivity contribution in [1.29, 1.82) is 0 Å². The van der Waals surface area contributed by atoms with Crippen LogP contribution in [0.4, 0.5) is 0 Å². The number of aryl methyl sites for hydroxylation is 1. The minimum atomic E-state index is 0.0383. The zero-order valence-corrected chi connectivity index (χ0v) is 11.1. The summed E-state index contributed by atoms with van der Waals surface area (Å²) in [4.78, 5) is 4.40. The van der Waals surface area contributed by atoms with Crippen LogP contribution in [0.25, 0.3) is 0 Å². The maximum Gasteiger partial charge on any atom is 0.122 e. The van der Waals surface area contributed by atoms with Gasteiger partial charge < -0.3 is 15.0 Å². The van der Waals surface area contributed by atoms with Gasteiger partial charge in [-0.05, 0) is 13.0 Å². The molecule has 1 aliphatic heterocycles. The zero-order chi connectivity index (χ0) is 13.2. The molecule has 4 nitrogen and oxygen atoms in total. The van der Waals surface area contributed by atoms with Gasteiger partial charge in [-0.25, -0.2) is 4.98 Å². The fourth-order valence-corrected chi connectivity index (χ4v) is 2.71. The van der Waals surface area contributed by atoms with Crippen LogP contribution in [0.15, 0.2) is 36.7 Å². The first-order valence-electron chi connectivity index (χ1n) is 6.77. The first-order chi connectivity index (χ1) is 9.29. The highest BCUT2D eigenvalue weighted by Gasteiger charge is 2.29. The van der Waals surface area contributed by atoms with Crippen LogP contribution in [-0.2, 0) is 13.0 Å². The maximum atomic E-state index is 6.38. The van der Waals surface area contributed by atoms with Gasteiger partial charge in [0.25, 0.3) is 0 Å². The summed E-state index contributed by atoms with van der Waals surface area (Å²) in [7, 11) is 0. The first kappa shape index (κ1) is 12.2. The Morgan fingerprint density at radius 1 is 1.47 bits per heavy atom. The van der Waals surface area contributed by atoms with Gasteiger partial charge in [-0.2, -0.15) is 0 Å². The Balaban J connectivity index is 1.77. The van der Waals surface area contributed by atoms with E-state index in [0.717, 1.165) is 24.5 Å². The van der Waals surface area contributed by atoms with Gasteiger partial charge in [-0.1, -0.05) is 18.2 Å². The molecule has 0 radical (unpaired) electrons. The largest absolute Gasteiger partial charge is 0.493 e. The van der Waals surface area contributed by atoms with Crippen LogP contribution in [0.2, 0.25) is 0 Å². The van der Waals surface area contributed by atoms with E-state index in [1.807, 2.05) is 30.6 Å². The summed E-state index contributed by atoms with van der Waals surface area (Å²) in [6.07, 6.45) is 4.62. The molecule has 1 aliphatic rings. The van der Waals surface area contributed by atoms with Gasteiger partial charge in [0.1, 0.15) is 11.6 Å². The van der Waals surface area contributed by atoms with Gasteiger partial charge in [0.15, 0.2) is 0 Å². The van der Waals surface area contributed by atoms with E-state index in [1.54, 1.807) is 0 Å². The number of benzene rings is 1. The molecule has 2 N–H and O–H groups in total. The van der Waals surface area contributed by atoms with Crippen molar-refractivity contribution in [3.05, 3.63) is 48.0 Å². The molecule has 1 aromatic heterocycles. The molecule has 19 heavy (non-hydrogen) atoms. The summed E-state index contributed by atoms with van der Waals surface area (Å²) in [5.74, 6) is 2.29. The molecule has 0 amide bonds. The number of para-hydroxylation sites is 1. The van der Waals surface area contributed by atoms with Crippen LogP contribution in [0, 0.1) is 0 Å². The molecule has 4 heteroatoms. The van der Waals surface area contributed by atoms with E-state index < -0.39 is 0 Å². The van der Waals surface area contributed by atoms with E-state index in [2.05, 4.69) is 22.5 Å². The third-order valence-corrected chi connectivity index (χ3v) is 3.81. The summed E-state index contributed by atoms with van der Waals surface area (Å²) in [6.45, 7) is 3.72. The Morgan fingerprint density at radius 3 is 3.16 bits per heavy atom. The Kier molecular flexibility index (Phi) is 3.25. The lowest BCUT2D eigenvalue weighted by molar-refractivity contribution is 0.312. The molecule has 0 spiro atoms. The minimum Gasteiger partial charge on any atom is -0.493 e. The Morgan fingerprint density at radius 2 is 2.32 bits per heavy atom. The molecule has 3 rings (SSSR count). The van der Waals surface area contributed by atoms with Crippen molar-refractivity contribution in [3.8, 4) is 5.75 Å². The van der Waals surface area contributed by atoms with E-state index in [1.165, 1.54) is 5.56 Å². The number of aromatic nitrogens is 2. The predicted molar refractivity (Wildman–Crippen MR) is 74.3 cm³/mol. The summed E-state index contributed by atoms with van der Waals surface area (Å²) < 4.78 is 7.84. The van der Waals surface area contributed by atoms with Crippen LogP contribution in [0.1, 0.15) is 24.2 Å². The Bertz CT molecular complexity index is 564. The van der Waals surface area contributed by atoms with Crippen LogP contribution < -0.4 is 10.5 Å². The van der Waals surface area contributed by atoms with Crippen LogP contribution >= 0.6 is 0 Å². The standard InChI is InChI=1S/C15H19N3O/c1-2-18-8-7-17-15(18)9-13(16)12-10-19-14-6-4-3-5-11(12)14/h3-8,12-13H,2,9-10,16H2,1H3. The number of nitrogens with zero attached hydrogens (tertiary/aromatic N) is 2. The average molecular weight is 257 g/mol. The van der Waals surface area contributed by atoms with Crippen LogP contribution in [-0.4, -0.2) is 22.2 Å². The normalized spacial score (nSPS) is 18.9. The lowest BCUT2D eigenvalue weighted by Gasteiger charge is -2.18. The van der Waals surface area contributed by atoms with Gasteiger partial charge in [-0.15, -0.1) is 0 Å². The second-order valence-corrected chi connectivity index (χ2v) is 4.95. The van der Waals surface area contributed by atoms with E-state index in [4.69, 9.17) is 10.5 Å². The molecule has 2 heterocycles. The van der Waals surface area contributed by atoms with E-state index >= 15 is 0 Å². The summed E-state index contributed by atoms with van der Waals surface area (Å²) >= 11 is 0. The van der Waals surface area contributed by atoms with Gasteiger partial charge in [-0.3, -0.25) is 0 Å². The van der Waals surface area contributed by atoms with Crippen molar-refractivity contribution in [1.82, 2.24) is 9.55 Å². The molecule has 0 bridgehead atoms. The number of hydrogen-bond donors (Lipinski definition) is 1. The van der Waals surface area contributed by atoms with Crippen molar-refractivity contribution in [2.75, 3.05) is 6.61 Å². The highest BCUT2D eigenvalue weighted by atomic mass is 16.5. The predicted octanol–water partition coefficient (Wildman–Crippen LogP) is 1.95. The third-order valence-electron chi connectivity index (χ3n) is 3.81. The van der Waals surface area contributed by atoms with Crippen molar-refractivity contribution in [3.63, 3.8) is 0 Å². The molecule has 0 saturated heterocycles. The fourth-order valence-electron chi connectivity index (χ4n) is 2.71. The molecule has 100 valence electrons. The lowest BCUT2D eigenvalue weighted by atomic mass is 9.92. The van der Waals surface area contributed by atoms with Crippen molar-refractivity contribution < 1.29 is 4.74 Å².